The van der Waals surface area contributed by atoms with Crippen molar-refractivity contribution < 1.29 is 4.92 Å². The van der Waals surface area contributed by atoms with Gasteiger partial charge in [0, 0.05) is 12.1 Å². The van der Waals surface area contributed by atoms with Crippen molar-refractivity contribution in [2.24, 2.45) is 0 Å². The quantitative estimate of drug-likeness (QED) is 0.290. The lowest BCUT2D eigenvalue weighted by atomic mass is 10.1. The van der Waals surface area contributed by atoms with Crippen molar-refractivity contribution in [3.63, 3.8) is 0 Å². The molecule has 0 bridgehead atoms. The second-order valence-electron chi connectivity index (χ2n) is 5.16. The molecule has 0 fully saturated rings. The Labute approximate surface area is 147 Å². The first-order valence-corrected chi connectivity index (χ1v) is 8.15. The van der Waals surface area contributed by atoms with Crippen LogP contribution in [-0.4, -0.2) is 29.7 Å². The normalized spacial score (nSPS) is 10.6. The summed E-state index contributed by atoms with van der Waals surface area (Å²) in [5.74, 6) is 0.716. The Hall–Kier alpha value is -3.07. The number of hydrogen-bond donors (Lipinski definition) is 0. The van der Waals surface area contributed by atoms with Crippen molar-refractivity contribution in [2.75, 3.05) is 0 Å². The van der Waals surface area contributed by atoms with Gasteiger partial charge in [0.15, 0.2) is 16.1 Å². The molecule has 0 saturated carbocycles. The Morgan fingerprint density at radius 3 is 2.72 bits per heavy atom. The number of aromatic nitrogens is 5. The maximum absolute atomic E-state index is 10.7. The van der Waals surface area contributed by atoms with Crippen molar-refractivity contribution in [3.8, 4) is 11.4 Å². The van der Waals surface area contributed by atoms with Crippen LogP contribution in [-0.2, 0) is 6.54 Å². The molecule has 0 N–H and O–H groups in total. The predicted molar refractivity (Wildman–Crippen MR) is 93.2 cm³/mol. The van der Waals surface area contributed by atoms with Crippen LogP contribution in [0, 0.1) is 17.0 Å². The molecule has 8 nitrogen and oxygen atoms in total. The molecule has 0 aliphatic carbocycles. The fourth-order valence-electron chi connectivity index (χ4n) is 2.19. The van der Waals surface area contributed by atoms with Gasteiger partial charge in [-0.1, -0.05) is 29.8 Å². The van der Waals surface area contributed by atoms with E-state index in [4.69, 9.17) is 0 Å². The Balaban J connectivity index is 1.94. The number of rotatable bonds is 6. The molecule has 0 unspecified atom stereocenters. The molecule has 1 aromatic carbocycles. The minimum atomic E-state index is -0.537. The van der Waals surface area contributed by atoms with E-state index >= 15 is 0 Å². The molecule has 0 aliphatic rings. The molecule has 2 heterocycles. The predicted octanol–water partition coefficient (Wildman–Crippen LogP) is 3.29. The largest absolute Gasteiger partial charge is 0.305 e. The van der Waals surface area contributed by atoms with E-state index in [1.54, 1.807) is 6.08 Å². The summed E-state index contributed by atoms with van der Waals surface area (Å²) in [7, 11) is 0. The number of nitro groups is 1. The van der Waals surface area contributed by atoms with E-state index in [1.165, 1.54) is 24.2 Å². The first kappa shape index (κ1) is 16.8. The van der Waals surface area contributed by atoms with Gasteiger partial charge < -0.3 is 0 Å². The fraction of sp³-hybridized carbons (Fsp3) is 0.125. The summed E-state index contributed by atoms with van der Waals surface area (Å²) in [6.07, 6.45) is 4.10. The van der Waals surface area contributed by atoms with Gasteiger partial charge in [-0.25, -0.2) is 9.97 Å². The number of benzene rings is 1. The standard InChI is InChI=1S/C16H14N6O2S/c1-3-7-21-14(12-6-4-5-11(2)8-12)19-20-16(21)25-15-17-9-13(10-18-15)22(23)24/h3-6,8-10H,1,7H2,2H3. The molecule has 0 saturated heterocycles. The van der Waals surface area contributed by atoms with Gasteiger partial charge in [0.1, 0.15) is 12.4 Å². The van der Waals surface area contributed by atoms with Crippen LogP contribution in [0.5, 0.6) is 0 Å². The third-order valence-electron chi connectivity index (χ3n) is 3.31. The molecule has 126 valence electrons. The third kappa shape index (κ3) is 3.72. The SMILES string of the molecule is C=CCn1c(Sc2ncc([N+](=O)[O-])cn2)nnc1-c1cccc(C)c1. The van der Waals surface area contributed by atoms with Crippen molar-refractivity contribution in [1.82, 2.24) is 24.7 Å². The molecule has 0 amide bonds. The van der Waals surface area contributed by atoms with Gasteiger partial charge >= 0.3 is 5.69 Å². The van der Waals surface area contributed by atoms with Crippen LogP contribution < -0.4 is 0 Å². The highest BCUT2D eigenvalue weighted by Gasteiger charge is 2.16. The zero-order chi connectivity index (χ0) is 17.8. The Kier molecular flexibility index (Phi) is 4.85. The van der Waals surface area contributed by atoms with Gasteiger partial charge in [-0.3, -0.25) is 14.7 Å². The van der Waals surface area contributed by atoms with Crippen LogP contribution in [0.25, 0.3) is 11.4 Å². The first-order chi connectivity index (χ1) is 12.1. The molecule has 2 aromatic heterocycles. The minimum absolute atomic E-state index is 0.155. The second kappa shape index (κ2) is 7.22. The Morgan fingerprint density at radius 1 is 1.32 bits per heavy atom. The summed E-state index contributed by atoms with van der Waals surface area (Å²) in [5.41, 5.74) is 1.92. The topological polar surface area (TPSA) is 99.6 Å². The van der Waals surface area contributed by atoms with Crippen molar-refractivity contribution in [2.45, 2.75) is 23.8 Å². The highest BCUT2D eigenvalue weighted by molar-refractivity contribution is 7.99. The number of hydrogen-bond acceptors (Lipinski definition) is 7. The van der Waals surface area contributed by atoms with E-state index in [2.05, 4.69) is 26.7 Å². The number of aryl methyl sites for hydroxylation is 1. The van der Waals surface area contributed by atoms with Crippen molar-refractivity contribution in [1.29, 1.82) is 0 Å². The van der Waals surface area contributed by atoms with Gasteiger partial charge in [-0.2, -0.15) is 0 Å². The molecular formula is C16H14N6O2S. The molecule has 0 radical (unpaired) electrons. The van der Waals surface area contributed by atoms with Crippen LogP contribution in [0.4, 0.5) is 5.69 Å². The van der Waals surface area contributed by atoms with E-state index in [0.717, 1.165) is 11.1 Å². The summed E-state index contributed by atoms with van der Waals surface area (Å²) in [5, 5.41) is 20.1. The second-order valence-corrected chi connectivity index (χ2v) is 6.09. The van der Waals surface area contributed by atoms with Gasteiger partial charge in [0.25, 0.3) is 0 Å². The summed E-state index contributed by atoms with van der Waals surface area (Å²) in [4.78, 5) is 18.1. The van der Waals surface area contributed by atoms with Crippen molar-refractivity contribution in [3.05, 3.63) is 65.0 Å². The molecular weight excluding hydrogens is 340 g/mol. The van der Waals surface area contributed by atoms with Crippen LogP contribution in [0.1, 0.15) is 5.56 Å². The van der Waals surface area contributed by atoms with Crippen LogP contribution >= 0.6 is 11.8 Å². The minimum Gasteiger partial charge on any atom is -0.298 e. The van der Waals surface area contributed by atoms with E-state index in [9.17, 15) is 10.1 Å². The molecule has 0 aliphatic heterocycles. The Bertz CT molecular complexity index is 923. The molecule has 9 heteroatoms. The number of nitrogens with zero attached hydrogens (tertiary/aromatic N) is 6. The molecule has 3 aromatic rings. The molecule has 0 spiro atoms. The monoisotopic (exact) mass is 354 g/mol. The molecule has 0 atom stereocenters. The summed E-state index contributed by atoms with van der Waals surface area (Å²) in [6, 6.07) is 7.97. The zero-order valence-electron chi connectivity index (χ0n) is 13.4. The van der Waals surface area contributed by atoms with Crippen LogP contribution in [0.3, 0.4) is 0 Å². The van der Waals surface area contributed by atoms with Gasteiger partial charge in [0.2, 0.25) is 0 Å². The maximum atomic E-state index is 10.7. The van der Waals surface area contributed by atoms with Gasteiger partial charge in [-0.05, 0) is 24.8 Å². The van der Waals surface area contributed by atoms with Gasteiger partial charge in [-0.15, -0.1) is 16.8 Å². The molecule has 3 rings (SSSR count). The summed E-state index contributed by atoms with van der Waals surface area (Å²) in [6.45, 7) is 6.31. The average molecular weight is 354 g/mol. The van der Waals surface area contributed by atoms with Gasteiger partial charge in [0.05, 0.1) is 4.92 Å². The third-order valence-corrected chi connectivity index (χ3v) is 4.19. The van der Waals surface area contributed by atoms with E-state index in [1.807, 2.05) is 35.8 Å². The Morgan fingerprint density at radius 2 is 2.08 bits per heavy atom. The van der Waals surface area contributed by atoms with E-state index in [0.29, 0.717) is 22.7 Å². The van der Waals surface area contributed by atoms with E-state index in [-0.39, 0.29) is 5.69 Å². The highest BCUT2D eigenvalue weighted by Crippen LogP contribution is 2.28. The lowest BCUT2D eigenvalue weighted by Crippen LogP contribution is -2.01. The fourth-order valence-corrected chi connectivity index (χ4v) is 2.92. The summed E-state index contributed by atoms with van der Waals surface area (Å²) < 4.78 is 1.90. The maximum Gasteiger partial charge on any atom is 0.305 e. The molecule has 25 heavy (non-hydrogen) atoms. The summed E-state index contributed by atoms with van der Waals surface area (Å²) >= 11 is 1.19. The van der Waals surface area contributed by atoms with Crippen LogP contribution in [0.15, 0.2) is 59.6 Å². The van der Waals surface area contributed by atoms with Crippen molar-refractivity contribution >= 4 is 17.4 Å². The lowest BCUT2D eigenvalue weighted by Gasteiger charge is -2.07. The highest BCUT2D eigenvalue weighted by atomic mass is 32.2. The zero-order valence-corrected chi connectivity index (χ0v) is 14.2. The van der Waals surface area contributed by atoms with Crippen LogP contribution in [0.2, 0.25) is 0 Å². The first-order valence-electron chi connectivity index (χ1n) is 7.34. The number of allylic oxidation sites excluding steroid dienone is 1. The van der Waals surface area contributed by atoms with E-state index < -0.39 is 4.92 Å². The smallest absolute Gasteiger partial charge is 0.298 e. The average Bonchev–Trinajstić information content (AvgIpc) is 2.98. The lowest BCUT2D eigenvalue weighted by molar-refractivity contribution is -0.385.